The predicted molar refractivity (Wildman–Crippen MR) is 90.0 cm³/mol. The highest BCUT2D eigenvalue weighted by Gasteiger charge is 2.13. The van der Waals surface area contributed by atoms with Crippen LogP contribution in [0.3, 0.4) is 0 Å². The smallest absolute Gasteiger partial charge is 0.239 e. The summed E-state index contributed by atoms with van der Waals surface area (Å²) in [6.45, 7) is 10.2. The molecule has 0 unspecified atom stereocenters. The number of hydrogen-bond donors (Lipinski definition) is 2. The van der Waals surface area contributed by atoms with Gasteiger partial charge in [0.2, 0.25) is 5.91 Å². The van der Waals surface area contributed by atoms with Crippen molar-refractivity contribution in [2.45, 2.75) is 39.8 Å². The van der Waals surface area contributed by atoms with E-state index in [9.17, 15) is 4.79 Å². The van der Waals surface area contributed by atoms with Gasteiger partial charge in [-0.1, -0.05) is 17.7 Å². The van der Waals surface area contributed by atoms with Crippen LogP contribution < -0.4 is 15.5 Å². The highest BCUT2D eigenvalue weighted by molar-refractivity contribution is 6.33. The van der Waals surface area contributed by atoms with E-state index in [4.69, 9.17) is 11.6 Å². The summed E-state index contributed by atoms with van der Waals surface area (Å²) in [5, 5.41) is 6.74. The minimum Gasteiger partial charge on any atom is -0.361 e. The number of anilines is 1. The van der Waals surface area contributed by atoms with Crippen molar-refractivity contribution in [1.29, 1.82) is 0 Å². The zero-order valence-corrected chi connectivity index (χ0v) is 14.3. The highest BCUT2D eigenvalue weighted by atomic mass is 35.5. The van der Waals surface area contributed by atoms with Crippen molar-refractivity contribution in [2.75, 3.05) is 25.0 Å². The lowest BCUT2D eigenvalue weighted by atomic mass is 10.1. The van der Waals surface area contributed by atoms with Crippen molar-refractivity contribution < 1.29 is 4.79 Å². The second-order valence-corrected chi connectivity index (χ2v) is 6.48. The van der Waals surface area contributed by atoms with Crippen LogP contribution in [-0.2, 0) is 11.3 Å². The molecule has 0 heterocycles. The first-order chi connectivity index (χ1) is 9.76. The number of rotatable bonds is 6. The summed E-state index contributed by atoms with van der Waals surface area (Å²) in [4.78, 5) is 13.5. The van der Waals surface area contributed by atoms with Crippen molar-refractivity contribution in [3.63, 3.8) is 0 Å². The molecule has 1 aromatic rings. The third kappa shape index (κ3) is 5.94. The summed E-state index contributed by atoms with van der Waals surface area (Å²) in [5.41, 5.74) is 2.09. The number of nitrogens with zero attached hydrogens (tertiary/aromatic N) is 1. The van der Waals surface area contributed by atoms with Gasteiger partial charge < -0.3 is 15.5 Å². The Hall–Kier alpha value is -1.26. The van der Waals surface area contributed by atoms with Crippen LogP contribution in [0.4, 0.5) is 5.69 Å². The summed E-state index contributed by atoms with van der Waals surface area (Å²) < 4.78 is 0. The molecule has 0 saturated carbocycles. The van der Waals surface area contributed by atoms with Crippen molar-refractivity contribution in [3.8, 4) is 0 Å². The predicted octanol–water partition coefficient (Wildman–Crippen LogP) is 2.80. The third-order valence-corrected chi connectivity index (χ3v) is 3.47. The fourth-order valence-electron chi connectivity index (χ4n) is 1.90. The first-order valence-electron chi connectivity index (χ1n) is 7.25. The maximum Gasteiger partial charge on any atom is 0.239 e. The van der Waals surface area contributed by atoms with Gasteiger partial charge in [0.15, 0.2) is 0 Å². The van der Waals surface area contributed by atoms with Crippen LogP contribution in [0.2, 0.25) is 5.02 Å². The molecule has 0 radical (unpaired) electrons. The Bertz CT molecular complexity index is 483. The number of amides is 1. The Morgan fingerprint density at radius 3 is 2.48 bits per heavy atom. The number of likely N-dealkylation sites (N-methyl/N-ethyl adjacent to an activating group) is 2. The zero-order valence-electron chi connectivity index (χ0n) is 13.6. The normalized spacial score (nSPS) is 11.3. The molecule has 0 spiro atoms. The number of carbonyl (C=O) groups is 1. The standard InChI is InChI=1S/C16H26ClN3O/c1-6-20(11-15(21)18-5)14-8-7-12(9-13(14)17)10-19-16(2,3)4/h7-9,19H,6,10-11H2,1-5H3,(H,18,21). The van der Waals surface area contributed by atoms with E-state index in [1.807, 2.05) is 30.0 Å². The molecule has 0 aliphatic rings. The highest BCUT2D eigenvalue weighted by Crippen LogP contribution is 2.27. The van der Waals surface area contributed by atoms with Gasteiger partial charge in [0.05, 0.1) is 17.3 Å². The molecule has 1 aromatic carbocycles. The van der Waals surface area contributed by atoms with Crippen LogP contribution in [-0.4, -0.2) is 31.6 Å². The van der Waals surface area contributed by atoms with Crippen LogP contribution in [0.25, 0.3) is 0 Å². The Balaban J connectivity index is 2.83. The zero-order chi connectivity index (χ0) is 16.0. The summed E-state index contributed by atoms with van der Waals surface area (Å²) in [5.74, 6) is -0.0219. The number of carbonyl (C=O) groups excluding carboxylic acids is 1. The van der Waals surface area contributed by atoms with Crippen LogP contribution in [0.1, 0.15) is 33.3 Å². The third-order valence-electron chi connectivity index (χ3n) is 3.17. The van der Waals surface area contributed by atoms with Gasteiger partial charge in [-0.15, -0.1) is 0 Å². The fourth-order valence-corrected chi connectivity index (χ4v) is 2.23. The lowest BCUT2D eigenvalue weighted by Gasteiger charge is -2.24. The van der Waals surface area contributed by atoms with E-state index in [1.165, 1.54) is 0 Å². The van der Waals surface area contributed by atoms with Gasteiger partial charge in [-0.3, -0.25) is 4.79 Å². The molecule has 21 heavy (non-hydrogen) atoms. The molecule has 1 rings (SSSR count). The Morgan fingerprint density at radius 2 is 2.00 bits per heavy atom. The van der Waals surface area contributed by atoms with Gasteiger partial charge in [0.25, 0.3) is 0 Å². The van der Waals surface area contributed by atoms with Crippen molar-refractivity contribution in [2.24, 2.45) is 0 Å². The molecule has 1 amide bonds. The summed E-state index contributed by atoms with van der Waals surface area (Å²) >= 11 is 6.38. The Morgan fingerprint density at radius 1 is 1.33 bits per heavy atom. The van der Waals surface area contributed by atoms with Gasteiger partial charge in [0, 0.05) is 25.7 Å². The molecule has 5 heteroatoms. The largest absolute Gasteiger partial charge is 0.361 e. The first-order valence-corrected chi connectivity index (χ1v) is 7.63. The molecule has 0 aliphatic carbocycles. The van der Waals surface area contributed by atoms with Gasteiger partial charge in [-0.05, 0) is 45.4 Å². The summed E-state index contributed by atoms with van der Waals surface area (Å²) in [6, 6.07) is 5.99. The Kier molecular flexibility index (Phi) is 6.49. The lowest BCUT2D eigenvalue weighted by molar-refractivity contribution is -0.119. The van der Waals surface area contributed by atoms with E-state index >= 15 is 0 Å². The molecule has 118 valence electrons. The molecule has 2 N–H and O–H groups in total. The number of hydrogen-bond acceptors (Lipinski definition) is 3. The topological polar surface area (TPSA) is 44.4 Å². The monoisotopic (exact) mass is 311 g/mol. The van der Waals surface area contributed by atoms with Gasteiger partial charge >= 0.3 is 0 Å². The van der Waals surface area contributed by atoms with E-state index in [0.29, 0.717) is 11.6 Å². The SMILES string of the molecule is CCN(CC(=O)NC)c1ccc(CNC(C)(C)C)cc1Cl. The number of halogens is 1. The molecule has 0 atom stereocenters. The van der Waals surface area contributed by atoms with Crippen LogP contribution in [0, 0.1) is 0 Å². The molecular weight excluding hydrogens is 286 g/mol. The second kappa shape index (κ2) is 7.66. The van der Waals surface area contributed by atoms with Gasteiger partial charge in [0.1, 0.15) is 0 Å². The molecule has 4 nitrogen and oxygen atoms in total. The minimum absolute atomic E-state index is 0.0219. The van der Waals surface area contributed by atoms with E-state index in [1.54, 1.807) is 7.05 Å². The number of nitrogens with one attached hydrogen (secondary N) is 2. The summed E-state index contributed by atoms with van der Waals surface area (Å²) in [6.07, 6.45) is 0. The van der Waals surface area contributed by atoms with Crippen molar-refractivity contribution >= 4 is 23.2 Å². The van der Waals surface area contributed by atoms with Crippen molar-refractivity contribution in [3.05, 3.63) is 28.8 Å². The maximum atomic E-state index is 11.5. The first kappa shape index (κ1) is 17.8. The molecule has 0 bridgehead atoms. The van der Waals surface area contributed by atoms with E-state index in [0.717, 1.165) is 24.3 Å². The van der Waals surface area contributed by atoms with Crippen LogP contribution in [0.15, 0.2) is 18.2 Å². The van der Waals surface area contributed by atoms with E-state index < -0.39 is 0 Å². The average Bonchev–Trinajstić information content (AvgIpc) is 2.42. The average molecular weight is 312 g/mol. The van der Waals surface area contributed by atoms with Crippen LogP contribution >= 0.6 is 11.6 Å². The van der Waals surface area contributed by atoms with Gasteiger partial charge in [-0.25, -0.2) is 0 Å². The molecular formula is C16H26ClN3O. The number of benzene rings is 1. The van der Waals surface area contributed by atoms with E-state index in [-0.39, 0.29) is 11.4 Å². The fraction of sp³-hybridized carbons (Fsp3) is 0.562. The lowest BCUT2D eigenvalue weighted by Crippen LogP contribution is -2.36. The molecule has 0 aliphatic heterocycles. The maximum absolute atomic E-state index is 11.5. The van der Waals surface area contributed by atoms with E-state index in [2.05, 4.69) is 31.4 Å². The Labute approximate surface area is 132 Å². The van der Waals surface area contributed by atoms with Gasteiger partial charge in [-0.2, -0.15) is 0 Å². The molecule has 0 fully saturated rings. The molecule has 0 saturated heterocycles. The second-order valence-electron chi connectivity index (χ2n) is 6.08. The minimum atomic E-state index is -0.0219. The van der Waals surface area contributed by atoms with Crippen molar-refractivity contribution in [1.82, 2.24) is 10.6 Å². The quantitative estimate of drug-likeness (QED) is 0.849. The van der Waals surface area contributed by atoms with Crippen LogP contribution in [0.5, 0.6) is 0 Å². The molecule has 0 aromatic heterocycles. The summed E-state index contributed by atoms with van der Waals surface area (Å²) in [7, 11) is 1.64.